The maximum atomic E-state index is 12.0. The van der Waals surface area contributed by atoms with Crippen LogP contribution in [-0.2, 0) is 11.3 Å². The molecule has 2 rings (SSSR count). The van der Waals surface area contributed by atoms with Crippen LogP contribution in [0.25, 0.3) is 0 Å². The zero-order valence-electron chi connectivity index (χ0n) is 13.9. The molecular formula is C20H20O4. The van der Waals surface area contributed by atoms with Gasteiger partial charge in [0.15, 0.2) is 11.5 Å². The second-order valence-corrected chi connectivity index (χ2v) is 5.33. The van der Waals surface area contributed by atoms with Gasteiger partial charge in [0.2, 0.25) is 0 Å². The number of hydrogen-bond acceptors (Lipinski definition) is 4. The van der Waals surface area contributed by atoms with Gasteiger partial charge in [-0.15, -0.1) is 0 Å². The third-order valence-electron chi connectivity index (χ3n) is 2.97. The molecule has 0 amide bonds. The van der Waals surface area contributed by atoms with Crippen LogP contribution in [0.15, 0.2) is 73.2 Å². The molecule has 0 bridgehead atoms. The highest BCUT2D eigenvalue weighted by Gasteiger charge is 2.14. The van der Waals surface area contributed by atoms with Crippen molar-refractivity contribution in [3.63, 3.8) is 0 Å². The molecule has 4 nitrogen and oxygen atoms in total. The van der Waals surface area contributed by atoms with Gasteiger partial charge in [0, 0.05) is 0 Å². The molecular weight excluding hydrogens is 304 g/mol. The van der Waals surface area contributed by atoms with Crippen LogP contribution < -0.4 is 9.47 Å². The topological polar surface area (TPSA) is 44.8 Å². The third kappa shape index (κ3) is 5.02. The zero-order valence-corrected chi connectivity index (χ0v) is 13.9. The Morgan fingerprint density at radius 1 is 0.958 bits per heavy atom. The average molecular weight is 324 g/mol. The van der Waals surface area contributed by atoms with E-state index in [1.54, 1.807) is 32.0 Å². The molecule has 0 saturated carbocycles. The summed E-state index contributed by atoms with van der Waals surface area (Å²) in [5.41, 5.74) is 1.36. The highest BCUT2D eigenvalue weighted by atomic mass is 16.5. The number of ether oxygens (including phenoxy) is 3. The molecule has 0 saturated heterocycles. The van der Waals surface area contributed by atoms with Crippen molar-refractivity contribution >= 4 is 5.97 Å². The number of benzene rings is 2. The van der Waals surface area contributed by atoms with Crippen LogP contribution in [0.3, 0.4) is 0 Å². The van der Waals surface area contributed by atoms with Gasteiger partial charge in [-0.3, -0.25) is 0 Å². The lowest BCUT2D eigenvalue weighted by molar-refractivity contribution is 0.0627. The molecule has 0 fully saturated rings. The largest absolute Gasteiger partial charge is 0.485 e. The Labute approximate surface area is 142 Å². The van der Waals surface area contributed by atoms with Crippen molar-refractivity contribution in [2.45, 2.75) is 20.5 Å². The van der Waals surface area contributed by atoms with Crippen LogP contribution in [0, 0.1) is 0 Å². The van der Waals surface area contributed by atoms with E-state index in [1.807, 2.05) is 30.3 Å². The minimum Gasteiger partial charge on any atom is -0.485 e. The molecule has 2 aromatic carbocycles. The first-order valence-electron chi connectivity index (χ1n) is 7.47. The van der Waals surface area contributed by atoms with E-state index in [2.05, 4.69) is 13.2 Å². The van der Waals surface area contributed by atoms with Crippen molar-refractivity contribution in [1.82, 2.24) is 0 Å². The number of carbonyl (C=O) groups is 1. The van der Waals surface area contributed by atoms with Gasteiger partial charge in [-0.05, 0) is 37.6 Å². The first-order valence-corrected chi connectivity index (χ1v) is 7.47. The second-order valence-electron chi connectivity index (χ2n) is 5.33. The Morgan fingerprint density at radius 3 is 2.29 bits per heavy atom. The molecule has 0 aliphatic heterocycles. The molecule has 24 heavy (non-hydrogen) atoms. The minimum atomic E-state index is -0.492. The van der Waals surface area contributed by atoms with Crippen molar-refractivity contribution in [3.8, 4) is 11.5 Å². The Morgan fingerprint density at radius 2 is 1.67 bits per heavy atom. The summed E-state index contributed by atoms with van der Waals surface area (Å²) in [4.78, 5) is 12.0. The lowest BCUT2D eigenvalue weighted by Gasteiger charge is -2.14. The fourth-order valence-electron chi connectivity index (χ4n) is 1.97. The number of esters is 1. The molecule has 0 atom stereocenters. The van der Waals surface area contributed by atoms with Gasteiger partial charge >= 0.3 is 5.97 Å². The van der Waals surface area contributed by atoms with E-state index in [4.69, 9.17) is 14.2 Å². The van der Waals surface area contributed by atoms with E-state index in [0.717, 1.165) is 5.56 Å². The summed E-state index contributed by atoms with van der Waals surface area (Å²) in [5, 5.41) is 0. The van der Waals surface area contributed by atoms with Crippen molar-refractivity contribution in [3.05, 3.63) is 84.3 Å². The van der Waals surface area contributed by atoms with Gasteiger partial charge in [-0.1, -0.05) is 43.5 Å². The Bertz CT molecular complexity index is 747. The standard InChI is InChI=1S/C20H20O4/c1-14(2)23-18-11-10-17(20(21)24-15(3)4)12-19(18)22-13-16-8-6-5-7-9-16/h5-12H,1,3,13H2,2,4H3. The number of hydrogen-bond donors (Lipinski definition) is 0. The lowest BCUT2D eigenvalue weighted by Crippen LogP contribution is -2.05. The summed E-state index contributed by atoms with van der Waals surface area (Å²) in [6, 6.07) is 14.6. The molecule has 0 aliphatic carbocycles. The smallest absolute Gasteiger partial charge is 0.343 e. The summed E-state index contributed by atoms with van der Waals surface area (Å²) in [6.07, 6.45) is 0. The Hall–Kier alpha value is -3.01. The zero-order chi connectivity index (χ0) is 17.5. The summed E-state index contributed by atoms with van der Waals surface area (Å²) < 4.78 is 16.4. The molecule has 0 aliphatic rings. The van der Waals surface area contributed by atoms with Crippen molar-refractivity contribution in [2.75, 3.05) is 0 Å². The minimum absolute atomic E-state index is 0.328. The molecule has 124 valence electrons. The first kappa shape index (κ1) is 17.3. The van der Waals surface area contributed by atoms with Gasteiger partial charge in [0.05, 0.1) is 17.1 Å². The van der Waals surface area contributed by atoms with Crippen LogP contribution in [0.1, 0.15) is 29.8 Å². The Kier molecular flexibility index (Phi) is 5.79. The summed E-state index contributed by atoms with van der Waals surface area (Å²) in [6.45, 7) is 11.0. The fraction of sp³-hybridized carbons (Fsp3) is 0.150. The highest BCUT2D eigenvalue weighted by molar-refractivity contribution is 5.90. The van der Waals surface area contributed by atoms with Crippen molar-refractivity contribution in [2.24, 2.45) is 0 Å². The van der Waals surface area contributed by atoms with Crippen LogP contribution in [0.2, 0.25) is 0 Å². The molecule has 0 N–H and O–H groups in total. The summed E-state index contributed by atoms with van der Waals surface area (Å²) in [5.74, 6) is 1.29. The van der Waals surface area contributed by atoms with Crippen LogP contribution in [0.5, 0.6) is 11.5 Å². The first-order chi connectivity index (χ1) is 11.5. The lowest BCUT2D eigenvalue weighted by atomic mass is 10.2. The number of carbonyl (C=O) groups excluding carboxylic acids is 1. The van der Waals surface area contributed by atoms with Crippen molar-refractivity contribution < 1.29 is 19.0 Å². The highest BCUT2D eigenvalue weighted by Crippen LogP contribution is 2.31. The summed E-state index contributed by atoms with van der Waals surface area (Å²) >= 11 is 0. The van der Waals surface area contributed by atoms with Gasteiger partial charge in [0.1, 0.15) is 6.61 Å². The molecule has 2 aromatic rings. The van der Waals surface area contributed by atoms with E-state index < -0.39 is 5.97 Å². The molecule has 4 heteroatoms. The summed E-state index contributed by atoms with van der Waals surface area (Å²) in [7, 11) is 0. The molecule has 0 heterocycles. The monoisotopic (exact) mass is 324 g/mol. The van der Waals surface area contributed by atoms with E-state index in [0.29, 0.717) is 35.2 Å². The second kappa shape index (κ2) is 8.02. The van der Waals surface area contributed by atoms with Crippen LogP contribution >= 0.6 is 0 Å². The third-order valence-corrected chi connectivity index (χ3v) is 2.97. The molecule has 0 radical (unpaired) electrons. The van der Waals surface area contributed by atoms with E-state index in [9.17, 15) is 4.79 Å². The average Bonchev–Trinajstić information content (AvgIpc) is 2.53. The maximum absolute atomic E-state index is 12.0. The SMILES string of the molecule is C=C(C)OC(=O)c1ccc(OC(=C)C)c(OCc2ccccc2)c1. The van der Waals surface area contributed by atoms with Crippen molar-refractivity contribution in [1.29, 1.82) is 0 Å². The predicted octanol–water partition coefficient (Wildman–Crippen LogP) is 4.87. The van der Waals surface area contributed by atoms with Crippen LogP contribution in [0.4, 0.5) is 0 Å². The Balaban J connectivity index is 2.24. The van der Waals surface area contributed by atoms with Gasteiger partial charge in [-0.25, -0.2) is 4.79 Å². The van der Waals surface area contributed by atoms with E-state index in [1.165, 1.54) is 0 Å². The van der Waals surface area contributed by atoms with Gasteiger partial charge in [0.25, 0.3) is 0 Å². The van der Waals surface area contributed by atoms with Gasteiger partial charge in [-0.2, -0.15) is 0 Å². The maximum Gasteiger partial charge on any atom is 0.343 e. The van der Waals surface area contributed by atoms with E-state index in [-0.39, 0.29) is 0 Å². The molecule has 0 unspecified atom stereocenters. The fourth-order valence-corrected chi connectivity index (χ4v) is 1.97. The van der Waals surface area contributed by atoms with Crippen LogP contribution in [-0.4, -0.2) is 5.97 Å². The number of rotatable bonds is 7. The van der Waals surface area contributed by atoms with Gasteiger partial charge < -0.3 is 14.2 Å². The molecule has 0 aromatic heterocycles. The quantitative estimate of drug-likeness (QED) is 0.538. The molecule has 0 spiro atoms. The normalized spacial score (nSPS) is 9.92. The predicted molar refractivity (Wildman–Crippen MR) is 92.9 cm³/mol. The van der Waals surface area contributed by atoms with E-state index >= 15 is 0 Å². The number of allylic oxidation sites excluding steroid dienone is 2.